The molecule has 3 nitrogen and oxygen atoms in total. The first kappa shape index (κ1) is 10.4. The summed E-state index contributed by atoms with van der Waals surface area (Å²) in [6, 6.07) is 8.58. The number of hydrogen-bond donors (Lipinski definition) is 0. The van der Waals surface area contributed by atoms with Crippen LogP contribution in [0.2, 0.25) is 0 Å². The number of pyridine rings is 1. The quantitative estimate of drug-likeness (QED) is 0.726. The Hall–Kier alpha value is -1.55. The summed E-state index contributed by atoms with van der Waals surface area (Å²) >= 11 is 1.81. The van der Waals surface area contributed by atoms with Crippen molar-refractivity contribution in [2.24, 2.45) is 11.1 Å². The van der Waals surface area contributed by atoms with Gasteiger partial charge in [-0.2, -0.15) is 0 Å². The van der Waals surface area contributed by atoms with Crippen LogP contribution in [0.5, 0.6) is 0 Å². The first-order chi connectivity index (χ1) is 8.81. The van der Waals surface area contributed by atoms with Crippen molar-refractivity contribution in [3.63, 3.8) is 0 Å². The maximum absolute atomic E-state index is 5.23. The molecule has 3 heterocycles. The number of rotatable bonds is 0. The summed E-state index contributed by atoms with van der Waals surface area (Å²) in [5.41, 5.74) is 4.55. The standard InChI is InChI=1S/C14H12N2OS/c1-8-2-3-9-5-11-13-10(6-17-16-13)7-18-14(11)15-12(9)4-8/h2-5,10H,6-7H2,1H3. The Bertz CT molecular complexity index is 681. The number of hydrogen-bond acceptors (Lipinski definition) is 4. The van der Waals surface area contributed by atoms with Crippen LogP contribution in [0.25, 0.3) is 10.9 Å². The average Bonchev–Trinajstić information content (AvgIpc) is 2.85. The van der Waals surface area contributed by atoms with E-state index in [4.69, 9.17) is 9.82 Å². The molecule has 2 aliphatic rings. The van der Waals surface area contributed by atoms with Crippen LogP contribution < -0.4 is 0 Å². The van der Waals surface area contributed by atoms with Crippen LogP contribution >= 0.6 is 11.8 Å². The monoisotopic (exact) mass is 256 g/mol. The highest BCUT2D eigenvalue weighted by atomic mass is 32.2. The number of nitrogens with zero attached hydrogens (tertiary/aromatic N) is 2. The number of fused-ring (bicyclic) bond motifs is 4. The zero-order valence-corrected chi connectivity index (χ0v) is 10.8. The Morgan fingerprint density at radius 1 is 1.33 bits per heavy atom. The van der Waals surface area contributed by atoms with E-state index in [9.17, 15) is 0 Å². The molecule has 0 fully saturated rings. The van der Waals surface area contributed by atoms with E-state index in [2.05, 4.69) is 36.3 Å². The molecule has 18 heavy (non-hydrogen) atoms. The SMILES string of the molecule is Cc1ccc2cc3c(nc2c1)SCC1CON=C31. The zero-order valence-electron chi connectivity index (χ0n) is 10.0. The molecule has 0 radical (unpaired) electrons. The van der Waals surface area contributed by atoms with E-state index >= 15 is 0 Å². The number of thioether (sulfide) groups is 1. The van der Waals surface area contributed by atoms with E-state index in [0.29, 0.717) is 12.5 Å². The topological polar surface area (TPSA) is 34.5 Å². The summed E-state index contributed by atoms with van der Waals surface area (Å²) in [5, 5.41) is 6.45. The van der Waals surface area contributed by atoms with Crippen LogP contribution in [0.4, 0.5) is 0 Å². The lowest BCUT2D eigenvalue weighted by atomic mass is 9.99. The summed E-state index contributed by atoms with van der Waals surface area (Å²) in [5.74, 6) is 1.46. The highest BCUT2D eigenvalue weighted by Gasteiger charge is 2.32. The first-order valence-electron chi connectivity index (χ1n) is 6.06. The molecule has 1 aromatic heterocycles. The maximum atomic E-state index is 5.23. The minimum absolute atomic E-state index is 0.437. The van der Waals surface area contributed by atoms with E-state index in [-0.39, 0.29) is 0 Å². The Morgan fingerprint density at radius 3 is 3.22 bits per heavy atom. The lowest BCUT2D eigenvalue weighted by Crippen LogP contribution is -2.22. The van der Waals surface area contributed by atoms with Crippen LogP contribution in [0, 0.1) is 12.8 Å². The Balaban J connectivity index is 1.97. The van der Waals surface area contributed by atoms with Gasteiger partial charge >= 0.3 is 0 Å². The minimum atomic E-state index is 0.437. The van der Waals surface area contributed by atoms with Crippen LogP contribution in [-0.4, -0.2) is 23.1 Å². The fraction of sp³-hybridized carbons (Fsp3) is 0.286. The van der Waals surface area contributed by atoms with Crippen molar-refractivity contribution in [3.05, 3.63) is 35.4 Å². The molecule has 1 aromatic carbocycles. The fourth-order valence-corrected chi connectivity index (χ4v) is 3.57. The van der Waals surface area contributed by atoms with Crippen LogP contribution in [0.15, 0.2) is 34.4 Å². The van der Waals surface area contributed by atoms with Gasteiger partial charge in [-0.05, 0) is 24.6 Å². The summed E-state index contributed by atoms with van der Waals surface area (Å²) < 4.78 is 0. The number of aryl methyl sites for hydroxylation is 1. The van der Waals surface area contributed by atoms with Gasteiger partial charge in [0, 0.05) is 16.7 Å². The van der Waals surface area contributed by atoms with Crippen molar-refractivity contribution < 1.29 is 4.84 Å². The van der Waals surface area contributed by atoms with Crippen LogP contribution in [0.1, 0.15) is 11.1 Å². The molecule has 0 aliphatic carbocycles. The van der Waals surface area contributed by atoms with Gasteiger partial charge in [-0.3, -0.25) is 0 Å². The van der Waals surface area contributed by atoms with Gasteiger partial charge in [-0.1, -0.05) is 17.3 Å². The van der Waals surface area contributed by atoms with Gasteiger partial charge in [0.2, 0.25) is 0 Å². The van der Waals surface area contributed by atoms with Gasteiger partial charge in [0.25, 0.3) is 0 Å². The second kappa shape index (κ2) is 3.72. The number of aromatic nitrogens is 1. The molecule has 2 aliphatic heterocycles. The van der Waals surface area contributed by atoms with Crippen LogP contribution in [-0.2, 0) is 4.84 Å². The van der Waals surface area contributed by atoms with Crippen molar-refractivity contribution in [1.82, 2.24) is 4.98 Å². The molecule has 0 spiro atoms. The van der Waals surface area contributed by atoms with Gasteiger partial charge in [0.1, 0.15) is 11.6 Å². The van der Waals surface area contributed by atoms with E-state index in [1.54, 1.807) is 0 Å². The van der Waals surface area contributed by atoms with Gasteiger partial charge in [-0.25, -0.2) is 4.98 Å². The molecule has 1 unspecified atom stereocenters. The zero-order chi connectivity index (χ0) is 12.1. The summed E-state index contributed by atoms with van der Waals surface area (Å²) in [7, 11) is 0. The van der Waals surface area contributed by atoms with Crippen LogP contribution in [0.3, 0.4) is 0 Å². The molecule has 4 rings (SSSR count). The third-order valence-corrected chi connectivity index (χ3v) is 4.61. The molecule has 0 amide bonds. The molecule has 0 N–H and O–H groups in total. The van der Waals surface area contributed by atoms with E-state index in [1.807, 2.05) is 11.8 Å². The number of benzene rings is 1. The van der Waals surface area contributed by atoms with Crippen molar-refractivity contribution in [1.29, 1.82) is 0 Å². The van der Waals surface area contributed by atoms with Gasteiger partial charge in [0.05, 0.1) is 17.1 Å². The lowest BCUT2D eigenvalue weighted by Gasteiger charge is -2.19. The van der Waals surface area contributed by atoms with Crippen molar-refractivity contribution in [3.8, 4) is 0 Å². The molecule has 0 saturated carbocycles. The molecule has 2 aromatic rings. The van der Waals surface area contributed by atoms with Crippen molar-refractivity contribution in [2.45, 2.75) is 11.9 Å². The lowest BCUT2D eigenvalue weighted by molar-refractivity contribution is 0.159. The smallest absolute Gasteiger partial charge is 0.126 e. The fourth-order valence-electron chi connectivity index (χ4n) is 2.48. The third-order valence-electron chi connectivity index (χ3n) is 3.46. The van der Waals surface area contributed by atoms with Gasteiger partial charge in [0.15, 0.2) is 0 Å². The second-order valence-corrected chi connectivity index (χ2v) is 5.83. The summed E-state index contributed by atoms with van der Waals surface area (Å²) in [6.07, 6.45) is 0. The molecule has 4 heteroatoms. The van der Waals surface area contributed by atoms with Gasteiger partial charge < -0.3 is 4.84 Å². The predicted octanol–water partition coefficient (Wildman–Crippen LogP) is 3.00. The molecular weight excluding hydrogens is 244 g/mol. The molecule has 0 bridgehead atoms. The van der Waals surface area contributed by atoms with E-state index in [0.717, 1.165) is 27.6 Å². The predicted molar refractivity (Wildman–Crippen MR) is 73.2 cm³/mol. The maximum Gasteiger partial charge on any atom is 0.126 e. The second-order valence-electron chi connectivity index (χ2n) is 4.82. The molecule has 0 saturated heterocycles. The third kappa shape index (κ3) is 1.45. The summed E-state index contributed by atoms with van der Waals surface area (Å²) in [4.78, 5) is 9.99. The minimum Gasteiger partial charge on any atom is -0.395 e. The first-order valence-corrected chi connectivity index (χ1v) is 7.04. The molecule has 90 valence electrons. The van der Waals surface area contributed by atoms with Gasteiger partial charge in [-0.15, -0.1) is 11.8 Å². The molecule has 1 atom stereocenters. The van der Waals surface area contributed by atoms with Crippen molar-refractivity contribution >= 4 is 28.4 Å². The average molecular weight is 256 g/mol. The Kier molecular flexibility index (Phi) is 2.14. The highest BCUT2D eigenvalue weighted by Crippen LogP contribution is 2.36. The number of oxime groups is 1. The summed E-state index contributed by atoms with van der Waals surface area (Å²) in [6.45, 7) is 2.81. The Morgan fingerprint density at radius 2 is 2.28 bits per heavy atom. The Labute approximate surface area is 109 Å². The molecular formula is C14H12N2OS. The highest BCUT2D eigenvalue weighted by molar-refractivity contribution is 7.99. The van der Waals surface area contributed by atoms with E-state index < -0.39 is 0 Å². The van der Waals surface area contributed by atoms with Crippen molar-refractivity contribution in [2.75, 3.05) is 12.4 Å². The normalized spacial score (nSPS) is 21.2. The largest absolute Gasteiger partial charge is 0.395 e. The van der Waals surface area contributed by atoms with E-state index in [1.165, 1.54) is 10.9 Å².